The monoisotopic (exact) mass is 497 g/mol. The molecule has 3 aromatic rings. The highest BCUT2D eigenvalue weighted by Gasteiger charge is 2.18. The number of hydrogen-bond acceptors (Lipinski definition) is 5. The van der Waals surface area contributed by atoms with Crippen molar-refractivity contribution < 1.29 is 14.3 Å². The molecule has 0 aliphatic carbocycles. The molecule has 2 amide bonds. The zero-order valence-electron chi connectivity index (χ0n) is 18.0. The second-order valence-electron chi connectivity index (χ2n) is 7.49. The van der Waals surface area contributed by atoms with Gasteiger partial charge in [-0.25, -0.2) is 4.98 Å². The summed E-state index contributed by atoms with van der Waals surface area (Å²) in [6.45, 7) is 2.50. The third kappa shape index (κ3) is 5.72. The zero-order chi connectivity index (χ0) is 24.1. The lowest BCUT2D eigenvalue weighted by atomic mass is 10.1. The van der Waals surface area contributed by atoms with Gasteiger partial charge in [-0.1, -0.05) is 35.3 Å². The summed E-state index contributed by atoms with van der Waals surface area (Å²) in [6, 6.07) is 14.5. The fourth-order valence-corrected chi connectivity index (χ4v) is 3.67. The largest absolute Gasteiger partial charge is 0.378 e. The number of amides is 2. The lowest BCUT2D eigenvalue weighted by Gasteiger charge is -2.29. The number of ether oxygens (including phenoxy) is 1. The van der Waals surface area contributed by atoms with Crippen LogP contribution in [0.3, 0.4) is 0 Å². The molecule has 3 N–H and O–H groups in total. The predicted molar refractivity (Wildman–Crippen MR) is 132 cm³/mol. The molecule has 2 aromatic carbocycles. The van der Waals surface area contributed by atoms with Gasteiger partial charge in [0.05, 0.1) is 29.5 Å². The molecule has 1 saturated heterocycles. The Morgan fingerprint density at radius 2 is 1.56 bits per heavy atom. The van der Waals surface area contributed by atoms with Crippen molar-refractivity contribution in [1.29, 1.82) is 5.41 Å². The summed E-state index contributed by atoms with van der Waals surface area (Å²) >= 11 is 11.9. The van der Waals surface area contributed by atoms with Crippen LogP contribution in [0.25, 0.3) is 0 Å². The topological polar surface area (TPSA) is 107 Å². The number of halogens is 2. The third-order valence-electron chi connectivity index (χ3n) is 5.19. The Kier molecular flexibility index (Phi) is 7.42. The summed E-state index contributed by atoms with van der Waals surface area (Å²) in [5.74, 6) is -0.181. The van der Waals surface area contributed by atoms with E-state index in [9.17, 15) is 9.59 Å². The number of nitrogens with one attached hydrogen (secondary N) is 3. The molecule has 1 aromatic heterocycles. The van der Waals surface area contributed by atoms with E-state index in [0.29, 0.717) is 64.8 Å². The second kappa shape index (κ2) is 10.6. The van der Waals surface area contributed by atoms with Crippen LogP contribution in [0.4, 0.5) is 11.5 Å². The van der Waals surface area contributed by atoms with E-state index >= 15 is 0 Å². The van der Waals surface area contributed by atoms with Gasteiger partial charge in [-0.05, 0) is 42.5 Å². The zero-order valence-corrected chi connectivity index (χ0v) is 19.5. The number of aromatic nitrogens is 1. The van der Waals surface area contributed by atoms with Crippen molar-refractivity contribution in [3.63, 3.8) is 0 Å². The van der Waals surface area contributed by atoms with Crippen molar-refractivity contribution in [1.82, 2.24) is 9.88 Å². The Morgan fingerprint density at radius 3 is 2.24 bits per heavy atom. The minimum atomic E-state index is -0.484. The van der Waals surface area contributed by atoms with Crippen molar-refractivity contribution in [2.75, 3.05) is 36.9 Å². The smallest absolute Gasteiger partial charge is 0.258 e. The quantitative estimate of drug-likeness (QED) is 0.354. The lowest BCUT2D eigenvalue weighted by Crippen LogP contribution is -2.40. The van der Waals surface area contributed by atoms with E-state index in [0.717, 1.165) is 0 Å². The maximum atomic E-state index is 12.9. The molecule has 4 rings (SSSR count). The summed E-state index contributed by atoms with van der Waals surface area (Å²) in [6.07, 6.45) is 1.42. The Balaban J connectivity index is 1.47. The fourth-order valence-electron chi connectivity index (χ4n) is 3.39. The highest BCUT2D eigenvalue weighted by molar-refractivity contribution is 6.31. The minimum Gasteiger partial charge on any atom is -0.378 e. The van der Waals surface area contributed by atoms with Crippen LogP contribution in [0.5, 0.6) is 0 Å². The second-order valence-corrected chi connectivity index (χ2v) is 8.36. The van der Waals surface area contributed by atoms with Crippen LogP contribution in [0.15, 0.2) is 60.8 Å². The summed E-state index contributed by atoms with van der Waals surface area (Å²) in [5, 5.41) is 14.6. The van der Waals surface area contributed by atoms with Gasteiger partial charge in [-0.15, -0.1) is 0 Å². The molecule has 1 fully saturated rings. The normalized spacial score (nSPS) is 13.3. The third-order valence-corrected chi connectivity index (χ3v) is 5.65. The van der Waals surface area contributed by atoms with Crippen LogP contribution in [-0.2, 0) is 4.74 Å². The van der Waals surface area contributed by atoms with E-state index < -0.39 is 11.8 Å². The molecule has 0 atom stereocenters. The van der Waals surface area contributed by atoms with Crippen LogP contribution in [0.2, 0.25) is 10.0 Å². The maximum absolute atomic E-state index is 12.9. The highest BCUT2D eigenvalue weighted by atomic mass is 35.5. The first-order valence-corrected chi connectivity index (χ1v) is 11.2. The van der Waals surface area contributed by atoms with Gasteiger partial charge in [0.1, 0.15) is 11.7 Å². The summed E-state index contributed by atoms with van der Waals surface area (Å²) < 4.78 is 5.33. The predicted octanol–water partition coefficient (Wildman–Crippen LogP) is 4.55. The molecule has 0 radical (unpaired) electrons. The van der Waals surface area contributed by atoms with Crippen LogP contribution >= 0.6 is 23.2 Å². The van der Waals surface area contributed by atoms with Crippen LogP contribution in [0.1, 0.15) is 26.3 Å². The van der Waals surface area contributed by atoms with Gasteiger partial charge in [-0.2, -0.15) is 0 Å². The SMILES string of the molecule is N=C(c1ccc(C(=O)Nc2ccc(Cl)cc2C(=O)Nc2ccc(Cl)cn2)cc1)N1CCOCC1. The lowest BCUT2D eigenvalue weighted by molar-refractivity contribution is 0.0680. The molecule has 1 aliphatic heterocycles. The Hall–Kier alpha value is -3.46. The minimum absolute atomic E-state index is 0.184. The summed E-state index contributed by atoms with van der Waals surface area (Å²) in [7, 11) is 0. The van der Waals surface area contributed by atoms with Crippen molar-refractivity contribution >= 4 is 52.4 Å². The number of hydrogen-bond donors (Lipinski definition) is 3. The fraction of sp³-hybridized carbons (Fsp3) is 0.167. The standard InChI is InChI=1S/C24H21Cl2N5O3/c25-17-5-7-20(19(13-17)24(33)30-21-8-6-18(26)14-28-21)29-23(32)16-3-1-15(2-4-16)22(27)31-9-11-34-12-10-31/h1-8,13-14,27H,9-12H2,(H,29,32)(H,28,30,33). The molecule has 0 spiro atoms. The van der Waals surface area contributed by atoms with E-state index in [1.807, 2.05) is 4.90 Å². The first-order chi connectivity index (χ1) is 16.4. The van der Waals surface area contributed by atoms with Crippen LogP contribution in [0, 0.1) is 5.41 Å². The molecule has 0 unspecified atom stereocenters. The highest BCUT2D eigenvalue weighted by Crippen LogP contribution is 2.23. The van der Waals surface area contributed by atoms with Gasteiger partial charge in [0, 0.05) is 35.4 Å². The van der Waals surface area contributed by atoms with Gasteiger partial charge >= 0.3 is 0 Å². The molecule has 8 nitrogen and oxygen atoms in total. The van der Waals surface area contributed by atoms with E-state index in [1.54, 1.807) is 48.5 Å². The van der Waals surface area contributed by atoms with Gasteiger partial charge in [-0.3, -0.25) is 15.0 Å². The number of nitrogens with zero attached hydrogens (tertiary/aromatic N) is 2. The van der Waals surface area contributed by atoms with Crippen molar-refractivity contribution in [2.24, 2.45) is 0 Å². The van der Waals surface area contributed by atoms with Gasteiger partial charge < -0.3 is 20.3 Å². The molecule has 2 heterocycles. The average molecular weight is 498 g/mol. The van der Waals surface area contributed by atoms with E-state index in [1.165, 1.54) is 12.3 Å². The Bertz CT molecular complexity index is 1210. The molecular formula is C24H21Cl2N5O3. The van der Waals surface area contributed by atoms with Crippen molar-refractivity contribution in [2.45, 2.75) is 0 Å². The first-order valence-electron chi connectivity index (χ1n) is 10.5. The van der Waals surface area contributed by atoms with Crippen molar-refractivity contribution in [3.05, 3.63) is 87.5 Å². The van der Waals surface area contributed by atoms with Gasteiger partial charge in [0.25, 0.3) is 11.8 Å². The Labute approximate surface area is 206 Å². The number of morpholine rings is 1. The molecule has 1 aliphatic rings. The molecule has 34 heavy (non-hydrogen) atoms. The van der Waals surface area contributed by atoms with Crippen LogP contribution in [-0.4, -0.2) is 53.8 Å². The first kappa shape index (κ1) is 23.7. The number of pyridine rings is 1. The van der Waals surface area contributed by atoms with E-state index in [-0.39, 0.29) is 5.56 Å². The molecule has 0 saturated carbocycles. The maximum Gasteiger partial charge on any atom is 0.258 e. The van der Waals surface area contributed by atoms with E-state index in [2.05, 4.69) is 15.6 Å². The molecular weight excluding hydrogens is 477 g/mol. The number of carbonyl (C=O) groups is 2. The van der Waals surface area contributed by atoms with Gasteiger partial charge in [0.15, 0.2) is 0 Å². The average Bonchev–Trinajstić information content (AvgIpc) is 2.86. The number of rotatable bonds is 5. The molecule has 174 valence electrons. The number of benzene rings is 2. The Morgan fingerprint density at radius 1 is 0.882 bits per heavy atom. The molecule has 0 bridgehead atoms. The number of carbonyl (C=O) groups excluding carboxylic acids is 2. The van der Waals surface area contributed by atoms with E-state index in [4.69, 9.17) is 33.3 Å². The number of anilines is 2. The summed E-state index contributed by atoms with van der Waals surface area (Å²) in [4.78, 5) is 31.7. The number of amidine groups is 1. The molecule has 10 heteroatoms. The van der Waals surface area contributed by atoms with Gasteiger partial charge in [0.2, 0.25) is 0 Å². The van der Waals surface area contributed by atoms with Crippen molar-refractivity contribution in [3.8, 4) is 0 Å². The summed E-state index contributed by atoms with van der Waals surface area (Å²) in [5.41, 5.74) is 1.58. The van der Waals surface area contributed by atoms with Crippen LogP contribution < -0.4 is 10.6 Å².